The van der Waals surface area contributed by atoms with Crippen molar-refractivity contribution in [2.45, 2.75) is 13.3 Å². The molecule has 0 atom stereocenters. The summed E-state index contributed by atoms with van der Waals surface area (Å²) < 4.78 is 0. The summed E-state index contributed by atoms with van der Waals surface area (Å²) in [6, 6.07) is 5.67. The fourth-order valence-corrected chi connectivity index (χ4v) is 1.80. The van der Waals surface area contributed by atoms with Crippen LogP contribution < -0.4 is 21.8 Å². The van der Waals surface area contributed by atoms with Crippen LogP contribution in [0.15, 0.2) is 33.9 Å². The van der Waals surface area contributed by atoms with E-state index in [1.807, 2.05) is 6.92 Å². The van der Waals surface area contributed by atoms with Crippen molar-refractivity contribution in [3.63, 3.8) is 0 Å². The lowest BCUT2D eigenvalue weighted by atomic mass is 10.2. The summed E-state index contributed by atoms with van der Waals surface area (Å²) in [5, 5.41) is 10.9. The van der Waals surface area contributed by atoms with Crippen LogP contribution >= 0.6 is 0 Å². The molecule has 0 radical (unpaired) electrons. The molecule has 0 saturated carbocycles. The minimum Gasteiger partial charge on any atom is -0.316 e. The van der Waals surface area contributed by atoms with E-state index in [9.17, 15) is 19.7 Å². The summed E-state index contributed by atoms with van der Waals surface area (Å²) in [6.45, 7) is 1.86. The molecule has 1 heterocycles. The maximum Gasteiger partial charge on any atom is 0.272 e. The van der Waals surface area contributed by atoms with Crippen LogP contribution in [-0.2, 0) is 0 Å². The Labute approximate surface area is 118 Å². The minimum absolute atomic E-state index is 0.0394. The van der Waals surface area contributed by atoms with Gasteiger partial charge in [-0.3, -0.25) is 19.7 Å². The average Bonchev–Trinajstić information content (AvgIpc) is 2.45. The highest BCUT2D eigenvalue weighted by atomic mass is 16.6. The Hall–Kier alpha value is -2.96. The zero-order valence-electron chi connectivity index (χ0n) is 11.3. The average molecular weight is 287 g/mol. The normalized spacial score (nSPS) is 12.6. The van der Waals surface area contributed by atoms with Crippen LogP contribution in [0.25, 0.3) is 12.2 Å². The molecule has 0 unspecified atom stereocenters. The third-order valence-corrected chi connectivity index (χ3v) is 2.81. The highest BCUT2D eigenvalue weighted by Gasteiger charge is 2.03. The van der Waals surface area contributed by atoms with Crippen LogP contribution in [0, 0.1) is 10.1 Å². The highest BCUT2D eigenvalue weighted by Crippen LogP contribution is 2.11. The summed E-state index contributed by atoms with van der Waals surface area (Å²) >= 11 is 0. The quantitative estimate of drug-likeness (QED) is 0.611. The number of nitrogens with zero attached hydrogens (tertiary/aromatic N) is 1. The first-order valence-corrected chi connectivity index (χ1v) is 6.30. The monoisotopic (exact) mass is 287 g/mol. The maximum atomic E-state index is 11.9. The van der Waals surface area contributed by atoms with Crippen LogP contribution in [0.1, 0.15) is 18.9 Å². The molecule has 0 aliphatic rings. The summed E-state index contributed by atoms with van der Waals surface area (Å²) in [6.07, 6.45) is 3.71. The van der Waals surface area contributed by atoms with Crippen molar-refractivity contribution in [3.8, 4) is 0 Å². The first-order chi connectivity index (χ1) is 10.0. The van der Waals surface area contributed by atoms with E-state index in [0.717, 1.165) is 0 Å². The zero-order chi connectivity index (χ0) is 15.4. The molecule has 2 N–H and O–H groups in total. The van der Waals surface area contributed by atoms with Gasteiger partial charge < -0.3 is 9.97 Å². The highest BCUT2D eigenvalue weighted by molar-refractivity contribution is 5.50. The number of aromatic nitrogens is 2. The van der Waals surface area contributed by atoms with Gasteiger partial charge in [-0.05, 0) is 30.2 Å². The maximum absolute atomic E-state index is 11.9. The molecule has 7 heteroatoms. The second-order valence-corrected chi connectivity index (χ2v) is 4.34. The molecule has 0 spiro atoms. The first kappa shape index (κ1) is 14.4. The molecule has 1 aromatic heterocycles. The number of hydrogen-bond acceptors (Lipinski definition) is 4. The van der Waals surface area contributed by atoms with Crippen molar-refractivity contribution < 1.29 is 4.92 Å². The predicted molar refractivity (Wildman–Crippen MR) is 78.4 cm³/mol. The lowest BCUT2D eigenvalue weighted by Gasteiger charge is -1.94. The lowest BCUT2D eigenvalue weighted by molar-refractivity contribution is -0.384. The van der Waals surface area contributed by atoms with Crippen molar-refractivity contribution in [1.29, 1.82) is 0 Å². The van der Waals surface area contributed by atoms with E-state index in [0.29, 0.717) is 12.0 Å². The second-order valence-electron chi connectivity index (χ2n) is 4.34. The number of aromatic amines is 2. The summed E-state index contributed by atoms with van der Waals surface area (Å²) in [4.78, 5) is 38.7. The molecule has 2 aromatic rings. The van der Waals surface area contributed by atoms with Gasteiger partial charge in [0.05, 0.1) is 4.92 Å². The molecule has 108 valence electrons. The summed E-state index contributed by atoms with van der Waals surface area (Å²) in [7, 11) is 0. The predicted octanol–water partition coefficient (Wildman–Crippen LogP) is -0.00930. The summed E-state index contributed by atoms with van der Waals surface area (Å²) in [5.74, 6) is 0. The van der Waals surface area contributed by atoms with Crippen LogP contribution in [0.4, 0.5) is 5.69 Å². The molecule has 0 aliphatic carbocycles. The van der Waals surface area contributed by atoms with Gasteiger partial charge >= 0.3 is 0 Å². The Bertz CT molecular complexity index is 892. The molecule has 1 aromatic carbocycles. The van der Waals surface area contributed by atoms with Crippen molar-refractivity contribution in [3.05, 3.63) is 71.3 Å². The van der Waals surface area contributed by atoms with Gasteiger partial charge in [-0.25, -0.2) is 0 Å². The second kappa shape index (κ2) is 6.00. The minimum atomic E-state index is -0.506. The smallest absolute Gasteiger partial charge is 0.272 e. The van der Waals surface area contributed by atoms with Gasteiger partial charge in [0.1, 0.15) is 10.7 Å². The van der Waals surface area contributed by atoms with Crippen LogP contribution in [-0.4, -0.2) is 14.9 Å². The van der Waals surface area contributed by atoms with Crippen LogP contribution in [0.5, 0.6) is 0 Å². The van der Waals surface area contributed by atoms with Gasteiger partial charge in [-0.1, -0.05) is 13.0 Å². The third kappa shape index (κ3) is 3.33. The molecule has 0 saturated heterocycles. The van der Waals surface area contributed by atoms with Gasteiger partial charge in [0, 0.05) is 12.1 Å². The number of nitrogens with one attached hydrogen (secondary N) is 2. The fraction of sp³-hybridized carbons (Fsp3) is 0.143. The number of nitro groups is 1. The fourth-order valence-electron chi connectivity index (χ4n) is 1.80. The Balaban J connectivity index is 2.54. The van der Waals surface area contributed by atoms with Gasteiger partial charge in [0.15, 0.2) is 0 Å². The van der Waals surface area contributed by atoms with Gasteiger partial charge in [-0.2, -0.15) is 0 Å². The largest absolute Gasteiger partial charge is 0.316 e. The number of rotatable bonds is 3. The van der Waals surface area contributed by atoms with E-state index in [2.05, 4.69) is 9.97 Å². The topological polar surface area (TPSA) is 109 Å². The van der Waals surface area contributed by atoms with E-state index in [4.69, 9.17) is 0 Å². The van der Waals surface area contributed by atoms with Crippen molar-refractivity contribution >= 4 is 17.8 Å². The molecule has 7 nitrogen and oxygen atoms in total. The van der Waals surface area contributed by atoms with Gasteiger partial charge in [0.25, 0.3) is 16.8 Å². The Morgan fingerprint density at radius 2 is 1.67 bits per heavy atom. The van der Waals surface area contributed by atoms with E-state index >= 15 is 0 Å². The van der Waals surface area contributed by atoms with Crippen molar-refractivity contribution in [1.82, 2.24) is 9.97 Å². The standard InChI is InChI=1S/C14H13N3O4/c1-2-3-11-13(18)16-12(14(19)15-11)8-9-4-6-10(7-5-9)17(20)21/h3-8H,2H2,1H3,(H,15,19)(H,16,18)/b11-3+,12-8-. The Morgan fingerprint density at radius 3 is 2.24 bits per heavy atom. The molecule has 0 aliphatic heterocycles. The molecule has 0 amide bonds. The molecule has 21 heavy (non-hydrogen) atoms. The molecule has 0 fully saturated rings. The Kier molecular flexibility index (Phi) is 4.13. The molecular weight excluding hydrogens is 274 g/mol. The number of nitro benzene ring substituents is 1. The number of H-pyrrole nitrogens is 2. The van der Waals surface area contributed by atoms with Gasteiger partial charge in [0.2, 0.25) is 0 Å². The van der Waals surface area contributed by atoms with Crippen molar-refractivity contribution in [2.24, 2.45) is 0 Å². The third-order valence-electron chi connectivity index (χ3n) is 2.81. The number of hydrogen-bond donors (Lipinski definition) is 2. The number of benzene rings is 1. The lowest BCUT2D eigenvalue weighted by Crippen LogP contribution is -2.46. The van der Waals surface area contributed by atoms with Crippen molar-refractivity contribution in [2.75, 3.05) is 0 Å². The van der Waals surface area contributed by atoms with E-state index < -0.39 is 10.5 Å². The van der Waals surface area contributed by atoms with Gasteiger partial charge in [-0.15, -0.1) is 0 Å². The molecule has 0 bridgehead atoms. The Morgan fingerprint density at radius 1 is 1.10 bits per heavy atom. The van der Waals surface area contributed by atoms with E-state index in [-0.39, 0.29) is 21.9 Å². The number of non-ortho nitro benzene ring substituents is 1. The first-order valence-electron chi connectivity index (χ1n) is 6.30. The zero-order valence-corrected chi connectivity index (χ0v) is 11.3. The summed E-state index contributed by atoms with van der Waals surface area (Å²) in [5.41, 5.74) is -0.270. The van der Waals surface area contributed by atoms with Crippen LogP contribution in [0.3, 0.4) is 0 Å². The van der Waals surface area contributed by atoms with E-state index in [1.54, 1.807) is 6.08 Å². The SMILES string of the molecule is CC/C=c1/[nH]c(=O)/c(=C/c2ccc([N+](=O)[O-])cc2)[nH]c1=O. The van der Waals surface area contributed by atoms with Crippen LogP contribution in [0.2, 0.25) is 0 Å². The molecular formula is C14H13N3O4. The van der Waals surface area contributed by atoms with E-state index in [1.165, 1.54) is 30.3 Å². The molecule has 2 rings (SSSR count).